The van der Waals surface area contributed by atoms with Gasteiger partial charge in [0.1, 0.15) is 23.0 Å². The third-order valence-corrected chi connectivity index (χ3v) is 6.64. The summed E-state index contributed by atoms with van der Waals surface area (Å²) in [5.74, 6) is 1.81. The van der Waals surface area contributed by atoms with Crippen LogP contribution in [0, 0.1) is 10.8 Å². The number of rotatable bonds is 15. The van der Waals surface area contributed by atoms with Gasteiger partial charge >= 0.3 is 11.9 Å². The molecule has 6 nitrogen and oxygen atoms in total. The minimum Gasteiger partial charge on any atom is -0.481 e. The van der Waals surface area contributed by atoms with E-state index in [1.807, 2.05) is 24.3 Å². The Balaban J connectivity index is 1.81. The molecule has 0 spiro atoms. The van der Waals surface area contributed by atoms with Crippen LogP contribution in [0.4, 0.5) is 0 Å². The van der Waals surface area contributed by atoms with Crippen molar-refractivity contribution in [1.82, 2.24) is 0 Å². The lowest BCUT2D eigenvalue weighted by molar-refractivity contribution is -0.149. The zero-order valence-electron chi connectivity index (χ0n) is 20.8. The van der Waals surface area contributed by atoms with Crippen LogP contribution in [0.5, 0.6) is 0 Å². The average Bonchev–Trinajstić information content (AvgIpc) is 3.39. The summed E-state index contributed by atoms with van der Waals surface area (Å²) in [5.41, 5.74) is -1.56. The first kappa shape index (κ1) is 26.7. The summed E-state index contributed by atoms with van der Waals surface area (Å²) in [4.78, 5) is 22.9. The maximum absolute atomic E-state index is 11.7. The standard InChI is InChI=1S/C27H40O6/c1-6-10-22(27(4,5)25(30)31)23-17-16-21(33-23)13-9-12-20-15-14-19(32-20)11-7-8-18-26(2,3)24(28)29/h14-17,22H,6-13,18H2,1-5H3,(H,28,29)(H,30,31). The quantitative estimate of drug-likeness (QED) is 0.281. The number of carboxylic acids is 2. The summed E-state index contributed by atoms with van der Waals surface area (Å²) in [6.07, 6.45) is 7.36. The van der Waals surface area contributed by atoms with Crippen molar-refractivity contribution in [2.45, 2.75) is 98.3 Å². The maximum atomic E-state index is 11.7. The van der Waals surface area contributed by atoms with Crippen LogP contribution in [-0.2, 0) is 28.9 Å². The van der Waals surface area contributed by atoms with E-state index in [2.05, 4.69) is 6.92 Å². The highest BCUT2D eigenvalue weighted by molar-refractivity contribution is 5.75. The van der Waals surface area contributed by atoms with E-state index in [1.54, 1.807) is 27.7 Å². The highest BCUT2D eigenvalue weighted by Crippen LogP contribution is 2.40. The van der Waals surface area contributed by atoms with E-state index in [4.69, 9.17) is 8.83 Å². The van der Waals surface area contributed by atoms with E-state index in [-0.39, 0.29) is 5.92 Å². The third-order valence-electron chi connectivity index (χ3n) is 6.64. The molecule has 0 saturated heterocycles. The molecule has 1 unspecified atom stereocenters. The number of unbranched alkanes of at least 4 members (excludes halogenated alkanes) is 1. The molecule has 0 saturated carbocycles. The number of aliphatic carboxylic acids is 2. The van der Waals surface area contributed by atoms with E-state index in [1.165, 1.54) is 0 Å². The van der Waals surface area contributed by atoms with Crippen LogP contribution in [0.15, 0.2) is 33.1 Å². The van der Waals surface area contributed by atoms with Crippen molar-refractivity contribution in [2.24, 2.45) is 10.8 Å². The van der Waals surface area contributed by atoms with Crippen molar-refractivity contribution in [3.63, 3.8) is 0 Å². The molecule has 0 aliphatic rings. The van der Waals surface area contributed by atoms with Crippen molar-refractivity contribution < 1.29 is 28.6 Å². The largest absolute Gasteiger partial charge is 0.481 e. The van der Waals surface area contributed by atoms with Crippen LogP contribution >= 0.6 is 0 Å². The first-order valence-electron chi connectivity index (χ1n) is 12.1. The average molecular weight is 461 g/mol. The molecule has 0 aliphatic carbocycles. The molecule has 6 heteroatoms. The molecular weight excluding hydrogens is 420 g/mol. The highest BCUT2D eigenvalue weighted by atomic mass is 16.4. The molecule has 2 aromatic rings. The van der Waals surface area contributed by atoms with Crippen LogP contribution < -0.4 is 0 Å². The van der Waals surface area contributed by atoms with Crippen LogP contribution in [0.2, 0.25) is 0 Å². The summed E-state index contributed by atoms with van der Waals surface area (Å²) >= 11 is 0. The number of carboxylic acid groups (broad SMARTS) is 2. The Hall–Kier alpha value is -2.50. The van der Waals surface area contributed by atoms with Gasteiger partial charge in [0.2, 0.25) is 0 Å². The normalized spacial score (nSPS) is 13.2. The van der Waals surface area contributed by atoms with E-state index < -0.39 is 22.8 Å². The summed E-state index contributed by atoms with van der Waals surface area (Å²) in [7, 11) is 0. The van der Waals surface area contributed by atoms with Crippen molar-refractivity contribution in [3.8, 4) is 0 Å². The fourth-order valence-electron chi connectivity index (χ4n) is 4.11. The Morgan fingerprint density at radius 1 is 0.818 bits per heavy atom. The Morgan fingerprint density at radius 3 is 1.91 bits per heavy atom. The Kier molecular flexibility index (Phi) is 9.38. The molecule has 2 N–H and O–H groups in total. The molecule has 0 fully saturated rings. The lowest BCUT2D eigenvalue weighted by Crippen LogP contribution is -2.31. The molecule has 0 amide bonds. The number of furan rings is 2. The second-order valence-electron chi connectivity index (χ2n) is 10.3. The van der Waals surface area contributed by atoms with Crippen molar-refractivity contribution in [3.05, 3.63) is 47.3 Å². The molecule has 1 atom stereocenters. The molecule has 0 radical (unpaired) electrons. The zero-order valence-corrected chi connectivity index (χ0v) is 20.8. The van der Waals surface area contributed by atoms with E-state index >= 15 is 0 Å². The van der Waals surface area contributed by atoms with Crippen LogP contribution in [0.1, 0.15) is 102 Å². The smallest absolute Gasteiger partial charge is 0.309 e. The number of carbonyl (C=O) groups is 2. The first-order valence-corrected chi connectivity index (χ1v) is 12.1. The van der Waals surface area contributed by atoms with Gasteiger partial charge in [0.25, 0.3) is 0 Å². The van der Waals surface area contributed by atoms with Gasteiger partial charge in [-0.2, -0.15) is 0 Å². The van der Waals surface area contributed by atoms with Gasteiger partial charge in [-0.05, 0) is 77.6 Å². The second-order valence-corrected chi connectivity index (χ2v) is 10.3. The second kappa shape index (κ2) is 11.6. The molecule has 184 valence electrons. The lowest BCUT2D eigenvalue weighted by Gasteiger charge is -2.28. The Morgan fingerprint density at radius 2 is 1.36 bits per heavy atom. The minimum absolute atomic E-state index is 0.151. The topological polar surface area (TPSA) is 101 Å². The first-order chi connectivity index (χ1) is 15.5. The summed E-state index contributed by atoms with van der Waals surface area (Å²) in [6, 6.07) is 7.90. The summed E-state index contributed by atoms with van der Waals surface area (Å²) < 4.78 is 12.0. The molecule has 2 heterocycles. The minimum atomic E-state index is -0.876. The van der Waals surface area contributed by atoms with Gasteiger partial charge in [-0.3, -0.25) is 9.59 Å². The Bertz CT molecular complexity index is 901. The molecule has 2 rings (SSSR count). The van der Waals surface area contributed by atoms with Gasteiger partial charge < -0.3 is 19.0 Å². The molecule has 0 aromatic carbocycles. The van der Waals surface area contributed by atoms with Crippen molar-refractivity contribution in [2.75, 3.05) is 0 Å². The highest BCUT2D eigenvalue weighted by Gasteiger charge is 2.39. The number of aryl methyl sites for hydroxylation is 3. The van der Waals surface area contributed by atoms with Crippen LogP contribution in [-0.4, -0.2) is 22.2 Å². The zero-order chi connectivity index (χ0) is 24.6. The van der Waals surface area contributed by atoms with Gasteiger partial charge in [0, 0.05) is 25.2 Å². The van der Waals surface area contributed by atoms with E-state index in [0.717, 1.165) is 74.4 Å². The van der Waals surface area contributed by atoms with Crippen molar-refractivity contribution >= 4 is 11.9 Å². The van der Waals surface area contributed by atoms with Crippen LogP contribution in [0.3, 0.4) is 0 Å². The predicted octanol–water partition coefficient (Wildman–Crippen LogP) is 6.87. The van der Waals surface area contributed by atoms with Crippen LogP contribution in [0.25, 0.3) is 0 Å². The SMILES string of the molecule is CCCC(c1ccc(CCCc2ccc(CCCCC(C)(C)C(=O)O)o2)o1)C(C)(C)C(=O)O. The maximum Gasteiger partial charge on any atom is 0.309 e. The molecule has 33 heavy (non-hydrogen) atoms. The van der Waals surface area contributed by atoms with E-state index in [9.17, 15) is 19.8 Å². The summed E-state index contributed by atoms with van der Waals surface area (Å²) in [5, 5.41) is 18.8. The molecular formula is C27H40O6. The fourth-order valence-corrected chi connectivity index (χ4v) is 4.11. The predicted molar refractivity (Wildman–Crippen MR) is 127 cm³/mol. The van der Waals surface area contributed by atoms with Crippen molar-refractivity contribution in [1.29, 1.82) is 0 Å². The van der Waals surface area contributed by atoms with Gasteiger partial charge in [-0.15, -0.1) is 0 Å². The van der Waals surface area contributed by atoms with Gasteiger partial charge in [-0.25, -0.2) is 0 Å². The lowest BCUT2D eigenvalue weighted by atomic mass is 9.75. The fraction of sp³-hybridized carbons (Fsp3) is 0.630. The van der Waals surface area contributed by atoms with Gasteiger partial charge in [0.15, 0.2) is 0 Å². The molecule has 0 bridgehead atoms. The van der Waals surface area contributed by atoms with Gasteiger partial charge in [0.05, 0.1) is 10.8 Å². The number of hydrogen-bond donors (Lipinski definition) is 2. The van der Waals surface area contributed by atoms with E-state index in [0.29, 0.717) is 6.42 Å². The van der Waals surface area contributed by atoms with Gasteiger partial charge in [-0.1, -0.05) is 19.8 Å². The third kappa shape index (κ3) is 7.51. The summed E-state index contributed by atoms with van der Waals surface area (Å²) in [6.45, 7) is 9.11. The number of hydrogen-bond acceptors (Lipinski definition) is 4. The molecule has 2 aromatic heterocycles. The Labute approximate surface area is 197 Å². The molecule has 0 aliphatic heterocycles. The monoisotopic (exact) mass is 460 g/mol.